The van der Waals surface area contributed by atoms with Gasteiger partial charge in [0, 0.05) is 0 Å². The van der Waals surface area contributed by atoms with Crippen LogP contribution in [0.15, 0.2) is 0 Å². The number of aliphatic hydroxyl groups is 1. The van der Waals surface area contributed by atoms with E-state index in [4.69, 9.17) is 16.7 Å². The maximum absolute atomic E-state index is 8.57. The first kappa shape index (κ1) is 8.25. The minimum absolute atomic E-state index is 0.641. The summed E-state index contributed by atoms with van der Waals surface area (Å²) in [6.45, 7) is 4.22. The number of halogens is 1. The lowest BCUT2D eigenvalue weighted by atomic mass is 10.1. The van der Waals surface area contributed by atoms with Gasteiger partial charge in [0.2, 0.25) is 0 Å². The van der Waals surface area contributed by atoms with Crippen molar-refractivity contribution in [3.63, 3.8) is 0 Å². The highest BCUT2D eigenvalue weighted by atomic mass is 35.5. The van der Waals surface area contributed by atoms with Crippen molar-refractivity contribution >= 4 is 11.6 Å². The molecule has 0 amide bonds. The maximum atomic E-state index is 8.57. The van der Waals surface area contributed by atoms with E-state index < -0.39 is 5.56 Å². The lowest BCUT2D eigenvalue weighted by Gasteiger charge is -2.03. The van der Waals surface area contributed by atoms with Crippen LogP contribution >= 0.6 is 11.6 Å². The summed E-state index contributed by atoms with van der Waals surface area (Å²) in [6, 6.07) is 0. The molecule has 0 rings (SSSR count). The average Bonchev–Trinajstić information content (AvgIpc) is 1.61. The van der Waals surface area contributed by atoms with Crippen LogP contribution in [0.5, 0.6) is 0 Å². The number of rotatable bonds is 3. The third kappa shape index (κ3) is 6.25. The zero-order chi connectivity index (χ0) is 6.57. The van der Waals surface area contributed by atoms with Crippen LogP contribution in [0.4, 0.5) is 0 Å². The van der Waals surface area contributed by atoms with Gasteiger partial charge in [0.25, 0.3) is 0 Å². The Morgan fingerprint density at radius 2 is 1.88 bits per heavy atom. The zero-order valence-corrected chi connectivity index (χ0v) is 6.15. The van der Waals surface area contributed by atoms with Crippen molar-refractivity contribution in [2.24, 2.45) is 5.92 Å². The Morgan fingerprint density at radius 1 is 1.38 bits per heavy atom. The quantitative estimate of drug-likeness (QED) is 0.589. The Kier molecular flexibility index (Phi) is 4.29. The van der Waals surface area contributed by atoms with Gasteiger partial charge < -0.3 is 5.11 Å². The lowest BCUT2D eigenvalue weighted by molar-refractivity contribution is 0.235. The molecular weight excluding hydrogens is 124 g/mol. The van der Waals surface area contributed by atoms with Crippen molar-refractivity contribution in [2.75, 3.05) is 0 Å². The molecule has 1 atom stereocenters. The molecule has 1 unspecified atom stereocenters. The van der Waals surface area contributed by atoms with Gasteiger partial charge in [-0.15, -0.1) is 0 Å². The molecule has 8 heavy (non-hydrogen) atoms. The third-order valence-electron chi connectivity index (χ3n) is 0.982. The number of alkyl halides is 1. The minimum atomic E-state index is -0.641. The Labute approximate surface area is 55.7 Å². The normalized spacial score (nSPS) is 14.6. The van der Waals surface area contributed by atoms with Crippen LogP contribution in [0.2, 0.25) is 0 Å². The van der Waals surface area contributed by atoms with Gasteiger partial charge in [-0.1, -0.05) is 25.4 Å². The fourth-order valence-corrected chi connectivity index (χ4v) is 0.597. The van der Waals surface area contributed by atoms with Gasteiger partial charge in [-0.05, 0) is 18.8 Å². The fourth-order valence-electron chi connectivity index (χ4n) is 0.471. The topological polar surface area (TPSA) is 20.2 Å². The summed E-state index contributed by atoms with van der Waals surface area (Å²) >= 11 is 5.28. The van der Waals surface area contributed by atoms with E-state index in [1.165, 1.54) is 0 Å². The SMILES string of the molecule is CC(C)CCC(O)Cl. The van der Waals surface area contributed by atoms with E-state index in [1.807, 2.05) is 0 Å². The Balaban J connectivity index is 2.93. The predicted molar refractivity (Wildman–Crippen MR) is 35.9 cm³/mol. The summed E-state index contributed by atoms with van der Waals surface area (Å²) in [6.07, 6.45) is 1.71. The van der Waals surface area contributed by atoms with Gasteiger partial charge in [-0.3, -0.25) is 0 Å². The summed E-state index contributed by atoms with van der Waals surface area (Å²) in [7, 11) is 0. The van der Waals surface area contributed by atoms with E-state index in [-0.39, 0.29) is 0 Å². The Hall–Kier alpha value is 0.250. The van der Waals surface area contributed by atoms with Crippen LogP contribution in [0.3, 0.4) is 0 Å². The summed E-state index contributed by atoms with van der Waals surface area (Å²) in [5.41, 5.74) is -0.641. The van der Waals surface area contributed by atoms with Crippen molar-refractivity contribution in [3.05, 3.63) is 0 Å². The molecule has 2 heteroatoms. The van der Waals surface area contributed by atoms with Crippen molar-refractivity contribution in [1.29, 1.82) is 0 Å². The molecule has 0 fully saturated rings. The molecule has 0 aromatic rings. The highest BCUT2D eigenvalue weighted by Gasteiger charge is 1.98. The maximum Gasteiger partial charge on any atom is 0.128 e. The zero-order valence-electron chi connectivity index (χ0n) is 5.39. The van der Waals surface area contributed by atoms with E-state index in [1.54, 1.807) is 0 Å². The molecule has 50 valence electrons. The van der Waals surface area contributed by atoms with Crippen molar-refractivity contribution in [3.8, 4) is 0 Å². The Morgan fingerprint density at radius 3 is 2.00 bits per heavy atom. The third-order valence-corrected chi connectivity index (χ3v) is 1.20. The average molecular weight is 137 g/mol. The van der Waals surface area contributed by atoms with E-state index in [9.17, 15) is 0 Å². The van der Waals surface area contributed by atoms with Crippen LogP contribution < -0.4 is 0 Å². The molecule has 0 bridgehead atoms. The number of aliphatic hydroxyl groups excluding tert-OH is 1. The van der Waals surface area contributed by atoms with E-state index in [2.05, 4.69) is 13.8 Å². The van der Waals surface area contributed by atoms with Gasteiger partial charge in [-0.25, -0.2) is 0 Å². The fraction of sp³-hybridized carbons (Fsp3) is 1.00. The molecular formula is C6H13ClO. The first-order chi connectivity index (χ1) is 3.63. The second-order valence-corrected chi connectivity index (χ2v) is 2.91. The van der Waals surface area contributed by atoms with E-state index >= 15 is 0 Å². The minimum Gasteiger partial charge on any atom is -0.378 e. The molecule has 0 spiro atoms. The van der Waals surface area contributed by atoms with Crippen LogP contribution in [0.1, 0.15) is 26.7 Å². The van der Waals surface area contributed by atoms with Gasteiger partial charge in [0.05, 0.1) is 0 Å². The van der Waals surface area contributed by atoms with Crippen molar-refractivity contribution in [2.45, 2.75) is 32.3 Å². The van der Waals surface area contributed by atoms with Crippen molar-refractivity contribution in [1.82, 2.24) is 0 Å². The smallest absolute Gasteiger partial charge is 0.128 e. The molecule has 0 aromatic heterocycles. The van der Waals surface area contributed by atoms with Gasteiger partial charge in [0.15, 0.2) is 0 Å². The molecule has 0 saturated carbocycles. The summed E-state index contributed by atoms with van der Waals surface area (Å²) in [5, 5.41) is 8.57. The molecule has 1 nitrogen and oxygen atoms in total. The molecule has 0 aliphatic carbocycles. The first-order valence-corrected chi connectivity index (χ1v) is 3.38. The Bertz CT molecular complexity index is 44.5. The standard InChI is InChI=1S/C6H13ClO/c1-5(2)3-4-6(7)8/h5-6,8H,3-4H2,1-2H3. The van der Waals surface area contributed by atoms with Gasteiger partial charge >= 0.3 is 0 Å². The van der Waals surface area contributed by atoms with Gasteiger partial charge in [-0.2, -0.15) is 0 Å². The predicted octanol–water partition coefficient (Wildman–Crippen LogP) is 1.98. The first-order valence-electron chi connectivity index (χ1n) is 2.95. The van der Waals surface area contributed by atoms with E-state index in [0.717, 1.165) is 6.42 Å². The molecule has 0 radical (unpaired) electrons. The number of hydrogen-bond donors (Lipinski definition) is 1. The molecule has 1 N–H and O–H groups in total. The monoisotopic (exact) mass is 136 g/mol. The second kappa shape index (κ2) is 4.16. The lowest BCUT2D eigenvalue weighted by Crippen LogP contribution is -1.97. The largest absolute Gasteiger partial charge is 0.378 e. The van der Waals surface area contributed by atoms with Crippen LogP contribution in [-0.4, -0.2) is 10.7 Å². The van der Waals surface area contributed by atoms with Gasteiger partial charge in [0.1, 0.15) is 5.56 Å². The van der Waals surface area contributed by atoms with Crippen LogP contribution in [0, 0.1) is 5.92 Å². The molecule has 0 heterocycles. The highest BCUT2D eigenvalue weighted by molar-refractivity contribution is 6.19. The van der Waals surface area contributed by atoms with Crippen molar-refractivity contribution < 1.29 is 5.11 Å². The summed E-state index contributed by atoms with van der Waals surface area (Å²) in [5.74, 6) is 0.642. The molecule has 0 aromatic carbocycles. The summed E-state index contributed by atoms with van der Waals surface area (Å²) in [4.78, 5) is 0. The molecule has 0 saturated heterocycles. The molecule has 0 aliphatic rings. The van der Waals surface area contributed by atoms with E-state index in [0.29, 0.717) is 12.3 Å². The highest BCUT2D eigenvalue weighted by Crippen LogP contribution is 2.08. The molecule has 0 aliphatic heterocycles. The second-order valence-electron chi connectivity index (χ2n) is 2.41. The van der Waals surface area contributed by atoms with Crippen LogP contribution in [0.25, 0.3) is 0 Å². The number of hydrogen-bond acceptors (Lipinski definition) is 1. The summed E-state index contributed by atoms with van der Waals surface area (Å²) < 4.78 is 0. The van der Waals surface area contributed by atoms with Crippen LogP contribution in [-0.2, 0) is 0 Å².